The third-order valence-corrected chi connectivity index (χ3v) is 6.93. The highest BCUT2D eigenvalue weighted by molar-refractivity contribution is 7.92. The van der Waals surface area contributed by atoms with Gasteiger partial charge in [-0.25, -0.2) is 8.42 Å². The average Bonchev–Trinajstić information content (AvgIpc) is 3.25. The number of amides is 1. The second kappa shape index (κ2) is 6.68. The maximum atomic E-state index is 12.6. The summed E-state index contributed by atoms with van der Waals surface area (Å²) in [7, 11) is -3.38. The van der Waals surface area contributed by atoms with E-state index in [1.165, 1.54) is 6.08 Å². The number of likely N-dealkylation sites (tertiary alicyclic amines) is 1. The van der Waals surface area contributed by atoms with Crippen molar-refractivity contribution in [2.24, 2.45) is 0 Å². The monoisotopic (exact) mass is 347 g/mol. The quantitative estimate of drug-likeness (QED) is 0.799. The van der Waals surface area contributed by atoms with Gasteiger partial charge in [-0.1, -0.05) is 24.3 Å². The van der Waals surface area contributed by atoms with Gasteiger partial charge in [0.15, 0.2) is 9.84 Å². The normalized spacial score (nSPS) is 18.6. The molecule has 0 aliphatic carbocycles. The van der Waals surface area contributed by atoms with E-state index < -0.39 is 15.1 Å². The SMILES string of the molecule is O=C(/C=C/c1cccs1)N1CC[C@H](S(=O)(=O)c2ccccc2)C1. The van der Waals surface area contributed by atoms with Crippen molar-refractivity contribution in [2.45, 2.75) is 16.6 Å². The van der Waals surface area contributed by atoms with Crippen LogP contribution in [0.15, 0.2) is 58.8 Å². The Kier molecular flexibility index (Phi) is 4.63. The maximum absolute atomic E-state index is 12.6. The summed E-state index contributed by atoms with van der Waals surface area (Å²) in [4.78, 5) is 15.1. The van der Waals surface area contributed by atoms with Crippen molar-refractivity contribution >= 4 is 33.2 Å². The van der Waals surface area contributed by atoms with E-state index in [1.54, 1.807) is 52.6 Å². The van der Waals surface area contributed by atoms with Gasteiger partial charge in [0.05, 0.1) is 10.1 Å². The van der Waals surface area contributed by atoms with Gasteiger partial charge in [0.25, 0.3) is 0 Å². The van der Waals surface area contributed by atoms with Crippen LogP contribution in [0, 0.1) is 0 Å². The molecule has 2 aromatic rings. The lowest BCUT2D eigenvalue weighted by molar-refractivity contribution is -0.124. The summed E-state index contributed by atoms with van der Waals surface area (Å²) in [5, 5.41) is 1.42. The lowest BCUT2D eigenvalue weighted by atomic mass is 10.4. The molecule has 1 amide bonds. The first-order valence-electron chi connectivity index (χ1n) is 7.37. The smallest absolute Gasteiger partial charge is 0.246 e. The molecule has 23 heavy (non-hydrogen) atoms. The third kappa shape index (κ3) is 3.54. The van der Waals surface area contributed by atoms with E-state index in [9.17, 15) is 13.2 Å². The molecule has 1 aromatic heterocycles. The van der Waals surface area contributed by atoms with Crippen LogP contribution in [0.2, 0.25) is 0 Å². The second-order valence-electron chi connectivity index (χ2n) is 5.40. The molecule has 0 bridgehead atoms. The van der Waals surface area contributed by atoms with Crippen molar-refractivity contribution in [2.75, 3.05) is 13.1 Å². The lowest BCUT2D eigenvalue weighted by Crippen LogP contribution is -2.30. The highest BCUT2D eigenvalue weighted by Gasteiger charge is 2.35. The van der Waals surface area contributed by atoms with Gasteiger partial charge in [-0.15, -0.1) is 11.3 Å². The highest BCUT2D eigenvalue weighted by atomic mass is 32.2. The highest BCUT2D eigenvalue weighted by Crippen LogP contribution is 2.24. The van der Waals surface area contributed by atoms with E-state index >= 15 is 0 Å². The first-order valence-corrected chi connectivity index (χ1v) is 9.79. The standard InChI is InChI=1S/C17H17NO3S2/c19-17(9-8-14-5-4-12-22-14)18-11-10-16(13-18)23(20,21)15-6-2-1-3-7-15/h1-9,12,16H,10-11,13H2/b9-8+/t16-/m0/s1. The predicted molar refractivity (Wildman–Crippen MR) is 92.0 cm³/mol. The molecule has 0 saturated carbocycles. The van der Waals surface area contributed by atoms with Crippen molar-refractivity contribution in [3.8, 4) is 0 Å². The maximum Gasteiger partial charge on any atom is 0.246 e. The van der Waals surface area contributed by atoms with Crippen LogP contribution < -0.4 is 0 Å². The molecule has 3 rings (SSSR count). The minimum Gasteiger partial charge on any atom is -0.338 e. The Hall–Kier alpha value is -1.92. The summed E-state index contributed by atoms with van der Waals surface area (Å²) in [6.07, 6.45) is 3.77. The zero-order chi connectivity index (χ0) is 16.3. The molecular formula is C17H17NO3S2. The fraction of sp³-hybridized carbons (Fsp3) is 0.235. The van der Waals surface area contributed by atoms with Crippen molar-refractivity contribution in [1.29, 1.82) is 0 Å². The first kappa shape index (κ1) is 16.0. The molecule has 1 aromatic carbocycles. The summed E-state index contributed by atoms with van der Waals surface area (Å²) in [5.41, 5.74) is 0. The first-order chi connectivity index (χ1) is 11.1. The van der Waals surface area contributed by atoms with Gasteiger partial charge in [0.2, 0.25) is 5.91 Å². The summed E-state index contributed by atoms with van der Waals surface area (Å²) in [6, 6.07) is 12.3. The van der Waals surface area contributed by atoms with Crippen LogP contribution in [0.4, 0.5) is 0 Å². The van der Waals surface area contributed by atoms with E-state index in [4.69, 9.17) is 0 Å². The Morgan fingerprint density at radius 3 is 2.65 bits per heavy atom. The molecule has 1 saturated heterocycles. The summed E-state index contributed by atoms with van der Waals surface area (Å²) in [6.45, 7) is 0.731. The van der Waals surface area contributed by atoms with E-state index in [1.807, 2.05) is 17.5 Å². The number of carbonyl (C=O) groups excluding carboxylic acids is 1. The van der Waals surface area contributed by atoms with Crippen LogP contribution in [-0.2, 0) is 14.6 Å². The number of hydrogen-bond donors (Lipinski definition) is 0. The molecule has 2 heterocycles. The predicted octanol–water partition coefficient (Wildman–Crippen LogP) is 2.84. The molecule has 120 valence electrons. The van der Waals surface area contributed by atoms with E-state index in [-0.39, 0.29) is 12.5 Å². The van der Waals surface area contributed by atoms with Gasteiger partial charge in [-0.3, -0.25) is 4.79 Å². The van der Waals surface area contributed by atoms with Gasteiger partial charge >= 0.3 is 0 Å². The molecule has 1 aliphatic rings. The van der Waals surface area contributed by atoms with Crippen molar-refractivity contribution < 1.29 is 13.2 Å². The molecular weight excluding hydrogens is 330 g/mol. The molecule has 0 N–H and O–H groups in total. The minimum absolute atomic E-state index is 0.135. The van der Waals surface area contributed by atoms with E-state index in [0.29, 0.717) is 17.9 Å². The molecule has 0 radical (unpaired) electrons. The van der Waals surface area contributed by atoms with Crippen molar-refractivity contribution in [3.05, 3.63) is 58.8 Å². The van der Waals surface area contributed by atoms with Crippen molar-refractivity contribution in [1.82, 2.24) is 4.90 Å². The zero-order valence-corrected chi connectivity index (χ0v) is 14.1. The summed E-state index contributed by atoms with van der Waals surface area (Å²) < 4.78 is 25.2. The molecule has 1 atom stereocenters. The topological polar surface area (TPSA) is 54.5 Å². The largest absolute Gasteiger partial charge is 0.338 e. The van der Waals surface area contributed by atoms with Crippen LogP contribution in [0.5, 0.6) is 0 Å². The number of hydrogen-bond acceptors (Lipinski definition) is 4. The molecule has 1 aliphatic heterocycles. The Labute approximate surface area is 140 Å². The van der Waals surface area contributed by atoms with Gasteiger partial charge in [-0.05, 0) is 36.1 Å². The fourth-order valence-corrected chi connectivity index (χ4v) is 4.96. The summed E-state index contributed by atoms with van der Waals surface area (Å²) >= 11 is 1.56. The molecule has 4 nitrogen and oxygen atoms in total. The van der Waals surface area contributed by atoms with Crippen LogP contribution in [0.3, 0.4) is 0 Å². The summed E-state index contributed by atoms with van der Waals surface area (Å²) in [5.74, 6) is -0.135. The Morgan fingerprint density at radius 2 is 1.96 bits per heavy atom. The zero-order valence-electron chi connectivity index (χ0n) is 12.5. The fourth-order valence-electron chi connectivity index (χ4n) is 2.63. The number of sulfone groups is 1. The number of carbonyl (C=O) groups is 1. The number of benzene rings is 1. The van der Waals surface area contributed by atoms with E-state index in [2.05, 4.69) is 0 Å². The van der Waals surface area contributed by atoms with Crippen LogP contribution in [0.25, 0.3) is 6.08 Å². The average molecular weight is 347 g/mol. The van der Waals surface area contributed by atoms with Crippen molar-refractivity contribution in [3.63, 3.8) is 0 Å². The number of nitrogens with zero attached hydrogens (tertiary/aromatic N) is 1. The number of thiophene rings is 1. The number of rotatable bonds is 4. The van der Waals surface area contributed by atoms with Gasteiger partial charge in [0.1, 0.15) is 0 Å². The molecule has 1 fully saturated rings. The third-order valence-electron chi connectivity index (χ3n) is 3.90. The Morgan fingerprint density at radius 1 is 1.17 bits per heavy atom. The molecule has 0 unspecified atom stereocenters. The molecule has 0 spiro atoms. The Bertz CT molecular complexity index is 796. The van der Waals surface area contributed by atoms with Crippen LogP contribution >= 0.6 is 11.3 Å². The molecule has 6 heteroatoms. The lowest BCUT2D eigenvalue weighted by Gasteiger charge is -2.15. The van der Waals surface area contributed by atoms with Crippen LogP contribution in [-0.4, -0.2) is 37.6 Å². The minimum atomic E-state index is -3.38. The van der Waals surface area contributed by atoms with E-state index in [0.717, 1.165) is 4.88 Å². The van der Waals surface area contributed by atoms with Gasteiger partial charge in [0, 0.05) is 24.0 Å². The van der Waals surface area contributed by atoms with Gasteiger partial charge in [-0.2, -0.15) is 0 Å². The van der Waals surface area contributed by atoms with Crippen LogP contribution in [0.1, 0.15) is 11.3 Å². The van der Waals surface area contributed by atoms with Gasteiger partial charge < -0.3 is 4.90 Å². The Balaban J connectivity index is 1.67. The second-order valence-corrected chi connectivity index (χ2v) is 8.61.